The first-order valence-corrected chi connectivity index (χ1v) is 6.99. The number of nitrogens with zero attached hydrogens (tertiary/aromatic N) is 1. The molecule has 0 aliphatic heterocycles. The highest BCUT2D eigenvalue weighted by atomic mass is 19.1. The van der Waals surface area contributed by atoms with Gasteiger partial charge in [-0.25, -0.2) is 9.18 Å². The molecule has 0 unspecified atom stereocenters. The van der Waals surface area contributed by atoms with Crippen molar-refractivity contribution in [3.05, 3.63) is 84.6 Å². The molecule has 1 aromatic carbocycles. The molecule has 2 heterocycles. The fourth-order valence-corrected chi connectivity index (χ4v) is 2.18. The average Bonchev–Trinajstić information content (AvgIpc) is 3.01. The number of rotatable bonds is 4. The number of nitro groups is 1. The van der Waals surface area contributed by atoms with Crippen LogP contribution in [0.25, 0.3) is 23.5 Å². The summed E-state index contributed by atoms with van der Waals surface area (Å²) in [7, 11) is 0. The van der Waals surface area contributed by atoms with Crippen molar-refractivity contribution in [1.82, 2.24) is 9.97 Å². The molecular formula is C16H10FN3O5. The number of aromatic amines is 2. The Morgan fingerprint density at radius 3 is 2.44 bits per heavy atom. The maximum atomic E-state index is 12.9. The van der Waals surface area contributed by atoms with Gasteiger partial charge in [0.15, 0.2) is 0 Å². The van der Waals surface area contributed by atoms with E-state index in [9.17, 15) is 24.1 Å². The molecule has 25 heavy (non-hydrogen) atoms. The zero-order valence-electron chi connectivity index (χ0n) is 12.5. The summed E-state index contributed by atoms with van der Waals surface area (Å²) in [5, 5.41) is 11.0. The van der Waals surface area contributed by atoms with Crippen LogP contribution in [-0.4, -0.2) is 14.9 Å². The summed E-state index contributed by atoms with van der Waals surface area (Å²) in [6.45, 7) is 0. The zero-order chi connectivity index (χ0) is 18.0. The second kappa shape index (κ2) is 6.40. The molecule has 3 rings (SSSR count). The fraction of sp³-hybridized carbons (Fsp3) is 0. The molecule has 9 heteroatoms. The van der Waals surface area contributed by atoms with Crippen LogP contribution in [0.15, 0.2) is 50.4 Å². The lowest BCUT2D eigenvalue weighted by molar-refractivity contribution is -0.386. The van der Waals surface area contributed by atoms with Crippen LogP contribution in [0.4, 0.5) is 10.1 Å². The lowest BCUT2D eigenvalue weighted by Crippen LogP contribution is -2.25. The number of hydrogen-bond acceptors (Lipinski definition) is 5. The monoisotopic (exact) mass is 343 g/mol. The van der Waals surface area contributed by atoms with Crippen LogP contribution < -0.4 is 11.2 Å². The summed E-state index contributed by atoms with van der Waals surface area (Å²) in [5.74, 6) is 0.421. The van der Waals surface area contributed by atoms with E-state index in [1.165, 1.54) is 24.3 Å². The van der Waals surface area contributed by atoms with Gasteiger partial charge in [-0.15, -0.1) is 0 Å². The van der Waals surface area contributed by atoms with E-state index in [0.29, 0.717) is 17.1 Å². The number of halogens is 1. The van der Waals surface area contributed by atoms with Crippen LogP contribution in [0.5, 0.6) is 0 Å². The van der Waals surface area contributed by atoms with E-state index >= 15 is 0 Å². The van der Waals surface area contributed by atoms with Crippen LogP contribution >= 0.6 is 0 Å². The molecule has 0 radical (unpaired) electrons. The number of nitrogens with one attached hydrogen (secondary N) is 2. The molecule has 2 aromatic heterocycles. The minimum absolute atomic E-state index is 0.251. The van der Waals surface area contributed by atoms with Crippen LogP contribution in [0.2, 0.25) is 0 Å². The van der Waals surface area contributed by atoms with Crippen molar-refractivity contribution >= 4 is 17.8 Å². The maximum absolute atomic E-state index is 12.9. The molecule has 0 aliphatic rings. The number of benzene rings is 1. The maximum Gasteiger partial charge on any atom is 0.357 e. The van der Waals surface area contributed by atoms with E-state index in [-0.39, 0.29) is 11.5 Å². The summed E-state index contributed by atoms with van der Waals surface area (Å²) in [6, 6.07) is 8.89. The largest absolute Gasteiger partial charge is 0.457 e. The first-order chi connectivity index (χ1) is 11.9. The third kappa shape index (κ3) is 3.44. The fourth-order valence-electron chi connectivity index (χ4n) is 2.18. The predicted molar refractivity (Wildman–Crippen MR) is 87.4 cm³/mol. The first-order valence-electron chi connectivity index (χ1n) is 6.99. The third-order valence-electron chi connectivity index (χ3n) is 3.30. The Kier molecular flexibility index (Phi) is 4.12. The third-order valence-corrected chi connectivity index (χ3v) is 3.30. The standard InChI is InChI=1S/C16H10FN3O5/c17-10-3-1-9(2-4-10)13-8-6-11(25-13)5-7-12-14(20(23)24)15(21)19-16(22)18-12/h1-8H,(H2,18,19,21,22)/b7-5+. The Labute approximate surface area is 138 Å². The second-order valence-electron chi connectivity index (χ2n) is 4.97. The predicted octanol–water partition coefficient (Wildman–Crippen LogP) is 2.54. The molecule has 0 amide bonds. The van der Waals surface area contributed by atoms with Gasteiger partial charge < -0.3 is 9.40 Å². The topological polar surface area (TPSA) is 122 Å². The summed E-state index contributed by atoms with van der Waals surface area (Å²) in [5.41, 5.74) is -2.34. The van der Waals surface area contributed by atoms with E-state index in [1.807, 2.05) is 0 Å². The highest BCUT2D eigenvalue weighted by Gasteiger charge is 2.18. The van der Waals surface area contributed by atoms with Crippen molar-refractivity contribution in [2.45, 2.75) is 0 Å². The van der Waals surface area contributed by atoms with Gasteiger partial charge in [0.2, 0.25) is 0 Å². The Morgan fingerprint density at radius 2 is 1.76 bits per heavy atom. The Bertz CT molecular complexity index is 1080. The summed E-state index contributed by atoms with van der Waals surface area (Å²) in [6.07, 6.45) is 2.56. The highest BCUT2D eigenvalue weighted by molar-refractivity contribution is 5.71. The van der Waals surface area contributed by atoms with Crippen molar-refractivity contribution in [3.63, 3.8) is 0 Å². The van der Waals surface area contributed by atoms with E-state index in [0.717, 1.165) is 0 Å². The highest BCUT2D eigenvalue weighted by Crippen LogP contribution is 2.23. The molecule has 0 atom stereocenters. The van der Waals surface area contributed by atoms with Gasteiger partial charge in [-0.1, -0.05) is 0 Å². The number of aromatic nitrogens is 2. The normalized spacial score (nSPS) is 11.1. The average molecular weight is 343 g/mol. The number of furan rings is 1. The van der Waals surface area contributed by atoms with Gasteiger partial charge in [0, 0.05) is 5.56 Å². The van der Waals surface area contributed by atoms with Crippen molar-refractivity contribution in [3.8, 4) is 11.3 Å². The van der Waals surface area contributed by atoms with Gasteiger partial charge in [-0.2, -0.15) is 0 Å². The van der Waals surface area contributed by atoms with Crippen molar-refractivity contribution in [2.24, 2.45) is 0 Å². The van der Waals surface area contributed by atoms with Crippen molar-refractivity contribution < 1.29 is 13.7 Å². The Morgan fingerprint density at radius 1 is 1.04 bits per heavy atom. The quantitative estimate of drug-likeness (QED) is 0.557. The van der Waals surface area contributed by atoms with E-state index < -0.39 is 21.9 Å². The van der Waals surface area contributed by atoms with Gasteiger partial charge in [0.05, 0.1) is 4.92 Å². The zero-order valence-corrected chi connectivity index (χ0v) is 12.5. The molecular weight excluding hydrogens is 333 g/mol. The van der Waals surface area contributed by atoms with Crippen LogP contribution in [0.1, 0.15) is 11.5 Å². The molecule has 0 fully saturated rings. The van der Waals surface area contributed by atoms with Gasteiger partial charge >= 0.3 is 16.9 Å². The van der Waals surface area contributed by atoms with Crippen LogP contribution in [0, 0.1) is 15.9 Å². The van der Waals surface area contributed by atoms with Gasteiger partial charge in [-0.05, 0) is 48.6 Å². The Balaban J connectivity index is 1.94. The molecule has 0 saturated carbocycles. The van der Waals surface area contributed by atoms with Gasteiger partial charge in [-0.3, -0.25) is 19.9 Å². The van der Waals surface area contributed by atoms with E-state index in [2.05, 4.69) is 4.98 Å². The summed E-state index contributed by atoms with van der Waals surface area (Å²) >= 11 is 0. The number of hydrogen-bond donors (Lipinski definition) is 2. The first kappa shape index (κ1) is 16.1. The number of H-pyrrole nitrogens is 2. The lowest BCUT2D eigenvalue weighted by atomic mass is 10.2. The molecule has 0 bridgehead atoms. The van der Waals surface area contributed by atoms with Gasteiger partial charge in [0.25, 0.3) is 0 Å². The van der Waals surface area contributed by atoms with Crippen LogP contribution in [-0.2, 0) is 0 Å². The van der Waals surface area contributed by atoms with Gasteiger partial charge in [0.1, 0.15) is 23.0 Å². The second-order valence-corrected chi connectivity index (χ2v) is 4.97. The SMILES string of the molecule is O=c1[nH]c(/C=C/c2ccc(-c3ccc(F)cc3)o2)c([N+](=O)[O-])c(=O)[nH]1. The molecule has 0 aliphatic carbocycles. The molecule has 126 valence electrons. The minimum Gasteiger partial charge on any atom is -0.457 e. The van der Waals surface area contributed by atoms with E-state index in [4.69, 9.17) is 4.42 Å². The Hall–Kier alpha value is -3.75. The van der Waals surface area contributed by atoms with E-state index in [1.54, 1.807) is 29.2 Å². The minimum atomic E-state index is -1.10. The van der Waals surface area contributed by atoms with Crippen molar-refractivity contribution in [1.29, 1.82) is 0 Å². The van der Waals surface area contributed by atoms with Crippen molar-refractivity contribution in [2.75, 3.05) is 0 Å². The summed E-state index contributed by atoms with van der Waals surface area (Å²) in [4.78, 5) is 36.9. The molecule has 0 saturated heterocycles. The molecule has 3 aromatic rings. The smallest absolute Gasteiger partial charge is 0.357 e. The summed E-state index contributed by atoms with van der Waals surface area (Å²) < 4.78 is 18.5. The molecule has 2 N–H and O–H groups in total. The lowest BCUT2D eigenvalue weighted by Gasteiger charge is -1.96. The van der Waals surface area contributed by atoms with Crippen LogP contribution in [0.3, 0.4) is 0 Å². The molecule has 8 nitrogen and oxygen atoms in total. The molecule has 0 spiro atoms.